The molecule has 0 spiro atoms. The molecule has 0 unspecified atom stereocenters. The van der Waals surface area contributed by atoms with Gasteiger partial charge in [0.2, 0.25) is 21.8 Å². The third-order valence-corrected chi connectivity index (χ3v) is 7.33. The summed E-state index contributed by atoms with van der Waals surface area (Å²) in [6, 6.07) is 7.60. The standard InChI is InChI=1S/C20H21Cl2N3O5S/c21-17-5-4-16(14-18(17)22)31(28,29)25-11-9-24(10-12-25)20(27)7-8-23-19(26)6-3-15-2-1-13-30-15/h1-6,13-14H,7-12H2,(H,23,26)/b6-3+. The van der Waals surface area contributed by atoms with Gasteiger partial charge < -0.3 is 14.6 Å². The SMILES string of the molecule is O=C(/C=C/c1ccco1)NCCC(=O)N1CCN(S(=O)(=O)c2ccc(Cl)c(Cl)c2)CC1. The van der Waals surface area contributed by atoms with Crippen molar-refractivity contribution in [1.82, 2.24) is 14.5 Å². The van der Waals surface area contributed by atoms with Crippen LogP contribution in [0.25, 0.3) is 6.08 Å². The maximum atomic E-state index is 12.8. The van der Waals surface area contributed by atoms with Crippen LogP contribution in [-0.2, 0) is 19.6 Å². The second kappa shape index (κ2) is 10.3. The highest BCUT2D eigenvalue weighted by Gasteiger charge is 2.30. The topological polar surface area (TPSA) is 99.9 Å². The van der Waals surface area contributed by atoms with E-state index in [9.17, 15) is 18.0 Å². The molecule has 1 saturated heterocycles. The van der Waals surface area contributed by atoms with Gasteiger partial charge in [-0.2, -0.15) is 4.31 Å². The van der Waals surface area contributed by atoms with Gasteiger partial charge in [0, 0.05) is 45.2 Å². The number of carbonyl (C=O) groups is 2. The molecule has 31 heavy (non-hydrogen) atoms. The summed E-state index contributed by atoms with van der Waals surface area (Å²) in [5.41, 5.74) is 0. The van der Waals surface area contributed by atoms with Gasteiger partial charge in [-0.15, -0.1) is 0 Å². The van der Waals surface area contributed by atoms with Crippen molar-refractivity contribution in [2.45, 2.75) is 11.3 Å². The van der Waals surface area contributed by atoms with Crippen LogP contribution in [0.5, 0.6) is 0 Å². The zero-order valence-corrected chi connectivity index (χ0v) is 18.8. The van der Waals surface area contributed by atoms with Gasteiger partial charge in [0.25, 0.3) is 0 Å². The van der Waals surface area contributed by atoms with E-state index in [1.54, 1.807) is 17.0 Å². The summed E-state index contributed by atoms with van der Waals surface area (Å²) in [4.78, 5) is 25.8. The summed E-state index contributed by atoms with van der Waals surface area (Å²) in [5, 5.41) is 3.08. The fourth-order valence-electron chi connectivity index (χ4n) is 3.02. The number of carbonyl (C=O) groups excluding carboxylic acids is 2. The Bertz CT molecular complexity index is 1060. The minimum Gasteiger partial charge on any atom is -0.465 e. The summed E-state index contributed by atoms with van der Waals surface area (Å²) >= 11 is 11.8. The second-order valence-corrected chi connectivity index (χ2v) is 9.50. The first-order chi connectivity index (χ1) is 14.8. The summed E-state index contributed by atoms with van der Waals surface area (Å²) < 4.78 is 32.0. The lowest BCUT2D eigenvalue weighted by Crippen LogP contribution is -2.50. The van der Waals surface area contributed by atoms with Gasteiger partial charge in [-0.3, -0.25) is 9.59 Å². The first-order valence-electron chi connectivity index (χ1n) is 9.50. The van der Waals surface area contributed by atoms with Crippen LogP contribution in [0.15, 0.2) is 52.0 Å². The summed E-state index contributed by atoms with van der Waals surface area (Å²) in [6.07, 6.45) is 4.49. The molecule has 1 N–H and O–H groups in total. The first kappa shape index (κ1) is 23.3. The number of halogens is 2. The monoisotopic (exact) mass is 485 g/mol. The smallest absolute Gasteiger partial charge is 0.244 e. The lowest BCUT2D eigenvalue weighted by Gasteiger charge is -2.34. The Morgan fingerprint density at radius 2 is 1.84 bits per heavy atom. The van der Waals surface area contributed by atoms with Gasteiger partial charge in [0.1, 0.15) is 5.76 Å². The highest BCUT2D eigenvalue weighted by Crippen LogP contribution is 2.27. The summed E-state index contributed by atoms with van der Waals surface area (Å²) in [7, 11) is -3.72. The number of nitrogens with one attached hydrogen (secondary N) is 1. The molecule has 0 atom stereocenters. The van der Waals surface area contributed by atoms with Crippen molar-refractivity contribution in [2.24, 2.45) is 0 Å². The Balaban J connectivity index is 1.45. The molecule has 2 heterocycles. The minimum atomic E-state index is -3.72. The lowest BCUT2D eigenvalue weighted by molar-refractivity contribution is -0.132. The van der Waals surface area contributed by atoms with Crippen molar-refractivity contribution in [1.29, 1.82) is 0 Å². The van der Waals surface area contributed by atoms with Crippen LogP contribution in [0, 0.1) is 0 Å². The van der Waals surface area contributed by atoms with E-state index in [0.29, 0.717) is 5.76 Å². The first-order valence-corrected chi connectivity index (χ1v) is 11.7. The van der Waals surface area contributed by atoms with Crippen LogP contribution >= 0.6 is 23.2 Å². The van der Waals surface area contributed by atoms with Gasteiger partial charge in [-0.25, -0.2) is 8.42 Å². The van der Waals surface area contributed by atoms with E-state index in [2.05, 4.69) is 5.32 Å². The Hall–Kier alpha value is -2.33. The van der Waals surface area contributed by atoms with Gasteiger partial charge in [-0.05, 0) is 36.4 Å². The summed E-state index contributed by atoms with van der Waals surface area (Å²) in [6.45, 7) is 1.07. The average Bonchev–Trinajstić information content (AvgIpc) is 3.28. The van der Waals surface area contributed by atoms with E-state index in [4.69, 9.17) is 27.6 Å². The van der Waals surface area contributed by atoms with E-state index in [0.717, 1.165) is 0 Å². The fraction of sp³-hybridized carbons (Fsp3) is 0.300. The molecule has 8 nitrogen and oxygen atoms in total. The predicted octanol–water partition coefficient (Wildman–Crippen LogP) is 2.64. The molecule has 2 aromatic rings. The molecular formula is C20H21Cl2N3O5S. The Labute approximate surface area is 190 Å². The molecular weight excluding hydrogens is 465 g/mol. The van der Waals surface area contributed by atoms with Crippen molar-refractivity contribution >= 4 is 51.1 Å². The number of benzene rings is 1. The normalized spacial score (nSPS) is 15.4. The second-order valence-electron chi connectivity index (χ2n) is 6.75. The number of nitrogens with zero attached hydrogens (tertiary/aromatic N) is 2. The van der Waals surface area contributed by atoms with E-state index in [1.165, 1.54) is 40.9 Å². The number of hydrogen-bond donors (Lipinski definition) is 1. The Morgan fingerprint density at radius 1 is 1.10 bits per heavy atom. The predicted molar refractivity (Wildman–Crippen MR) is 117 cm³/mol. The molecule has 0 radical (unpaired) electrons. The molecule has 1 aliphatic heterocycles. The van der Waals surface area contributed by atoms with Crippen molar-refractivity contribution in [3.63, 3.8) is 0 Å². The zero-order chi connectivity index (χ0) is 22.4. The maximum absolute atomic E-state index is 12.8. The third-order valence-electron chi connectivity index (χ3n) is 4.70. The number of furan rings is 1. The van der Waals surface area contributed by atoms with Crippen molar-refractivity contribution in [3.05, 3.63) is 58.5 Å². The van der Waals surface area contributed by atoms with E-state index >= 15 is 0 Å². The maximum Gasteiger partial charge on any atom is 0.244 e. The van der Waals surface area contributed by atoms with E-state index < -0.39 is 10.0 Å². The number of rotatable bonds is 7. The van der Waals surface area contributed by atoms with Crippen LogP contribution in [0.1, 0.15) is 12.2 Å². The Kier molecular flexibility index (Phi) is 7.77. The fourth-order valence-corrected chi connectivity index (χ4v) is 4.83. The van der Waals surface area contributed by atoms with E-state index in [1.807, 2.05) is 0 Å². The van der Waals surface area contributed by atoms with Gasteiger partial charge in [0.05, 0.1) is 21.2 Å². The highest BCUT2D eigenvalue weighted by atomic mass is 35.5. The molecule has 0 saturated carbocycles. The molecule has 0 bridgehead atoms. The van der Waals surface area contributed by atoms with E-state index in [-0.39, 0.29) is 65.9 Å². The van der Waals surface area contributed by atoms with Crippen molar-refractivity contribution < 1.29 is 22.4 Å². The molecule has 1 aliphatic rings. The van der Waals surface area contributed by atoms with Gasteiger partial charge in [-0.1, -0.05) is 23.2 Å². The number of sulfonamides is 1. The minimum absolute atomic E-state index is 0.0620. The molecule has 166 valence electrons. The van der Waals surface area contributed by atoms with Gasteiger partial charge >= 0.3 is 0 Å². The van der Waals surface area contributed by atoms with Crippen LogP contribution in [0.4, 0.5) is 0 Å². The zero-order valence-electron chi connectivity index (χ0n) is 16.5. The van der Waals surface area contributed by atoms with Gasteiger partial charge in [0.15, 0.2) is 0 Å². The molecule has 11 heteroatoms. The third kappa shape index (κ3) is 6.10. The molecule has 2 amide bonds. The molecule has 1 aromatic carbocycles. The molecule has 1 fully saturated rings. The number of piperazine rings is 1. The van der Waals surface area contributed by atoms with Crippen molar-refractivity contribution in [3.8, 4) is 0 Å². The quantitative estimate of drug-likeness (QED) is 0.607. The molecule has 0 aliphatic carbocycles. The van der Waals surface area contributed by atoms with Crippen molar-refractivity contribution in [2.75, 3.05) is 32.7 Å². The largest absolute Gasteiger partial charge is 0.465 e. The molecule has 3 rings (SSSR count). The number of amides is 2. The average molecular weight is 486 g/mol. The lowest BCUT2D eigenvalue weighted by atomic mass is 10.3. The number of hydrogen-bond acceptors (Lipinski definition) is 5. The van der Waals surface area contributed by atoms with Crippen LogP contribution in [0.2, 0.25) is 10.0 Å². The van der Waals surface area contributed by atoms with Crippen LogP contribution in [0.3, 0.4) is 0 Å². The van der Waals surface area contributed by atoms with Crippen LogP contribution in [-0.4, -0.2) is 62.2 Å². The highest BCUT2D eigenvalue weighted by molar-refractivity contribution is 7.89. The summed E-state index contributed by atoms with van der Waals surface area (Å²) in [5.74, 6) is 0.0727. The Morgan fingerprint density at radius 3 is 2.48 bits per heavy atom. The van der Waals surface area contributed by atoms with Crippen LogP contribution < -0.4 is 5.32 Å². The molecule has 1 aromatic heterocycles.